The highest BCUT2D eigenvalue weighted by Gasteiger charge is 2.28. The van der Waals surface area contributed by atoms with Crippen LogP contribution in [0.5, 0.6) is 0 Å². The molecule has 1 aliphatic carbocycles. The minimum Gasteiger partial charge on any atom is -0.367 e. The van der Waals surface area contributed by atoms with Gasteiger partial charge >= 0.3 is 0 Å². The van der Waals surface area contributed by atoms with E-state index in [1.165, 1.54) is 18.4 Å². The van der Waals surface area contributed by atoms with Gasteiger partial charge in [0.15, 0.2) is 0 Å². The Bertz CT molecular complexity index is 792. The van der Waals surface area contributed by atoms with Crippen molar-refractivity contribution in [2.24, 2.45) is 0 Å². The number of hydrogen-bond donors (Lipinski definition) is 1. The Kier molecular flexibility index (Phi) is 4.04. The third kappa shape index (κ3) is 3.38. The van der Waals surface area contributed by atoms with Crippen molar-refractivity contribution in [1.29, 1.82) is 0 Å². The number of rotatable bonds is 3. The molecule has 1 aromatic heterocycles. The van der Waals surface area contributed by atoms with E-state index in [0.717, 1.165) is 24.6 Å². The van der Waals surface area contributed by atoms with E-state index < -0.39 is 9.84 Å². The number of anilines is 1. The lowest BCUT2D eigenvalue weighted by Gasteiger charge is -2.29. The van der Waals surface area contributed by atoms with Gasteiger partial charge < -0.3 is 5.32 Å². The average Bonchev–Trinajstić information content (AvgIpc) is 2.46. The van der Waals surface area contributed by atoms with Gasteiger partial charge in [-0.15, -0.1) is 0 Å². The molecular formula is C16H19FN2O2S. The van der Waals surface area contributed by atoms with Crippen LogP contribution < -0.4 is 5.32 Å². The third-order valence-corrected chi connectivity index (χ3v) is 5.88. The fraction of sp³-hybridized carbons (Fsp3) is 0.438. The predicted octanol–water partition coefficient (Wildman–Crippen LogP) is 3.14. The summed E-state index contributed by atoms with van der Waals surface area (Å²) in [5.41, 5.74) is 0.598. The molecule has 1 heterocycles. The van der Waals surface area contributed by atoms with Crippen LogP contribution in [0.1, 0.15) is 25.7 Å². The Labute approximate surface area is 129 Å². The largest absolute Gasteiger partial charge is 0.367 e. The van der Waals surface area contributed by atoms with E-state index in [4.69, 9.17) is 0 Å². The second kappa shape index (κ2) is 5.83. The molecule has 1 fully saturated rings. The standard InChI is InChI=1S/C16H19FN2O2S/c1-22(20,21)14-4-2-3-13(10-14)18-16-8-6-11-5-7-12(17)9-15(11)19-16/h5-9,13-14H,2-4,10H2,1H3,(H,18,19). The van der Waals surface area contributed by atoms with Gasteiger partial charge in [0, 0.05) is 23.8 Å². The summed E-state index contributed by atoms with van der Waals surface area (Å²) >= 11 is 0. The Balaban J connectivity index is 1.78. The molecule has 118 valence electrons. The predicted molar refractivity (Wildman–Crippen MR) is 86.2 cm³/mol. The van der Waals surface area contributed by atoms with Crippen LogP contribution in [0.4, 0.5) is 10.2 Å². The zero-order chi connectivity index (χ0) is 15.7. The Hall–Kier alpha value is -1.69. The van der Waals surface area contributed by atoms with Gasteiger partial charge in [-0.2, -0.15) is 0 Å². The number of sulfone groups is 1. The number of pyridine rings is 1. The number of fused-ring (bicyclic) bond motifs is 1. The van der Waals surface area contributed by atoms with Crippen molar-refractivity contribution in [3.8, 4) is 0 Å². The average molecular weight is 322 g/mol. The molecule has 2 unspecified atom stereocenters. The molecule has 2 atom stereocenters. The number of halogens is 1. The second-order valence-corrected chi connectivity index (χ2v) is 8.32. The molecule has 0 radical (unpaired) electrons. The van der Waals surface area contributed by atoms with E-state index in [9.17, 15) is 12.8 Å². The van der Waals surface area contributed by atoms with Crippen LogP contribution in [0.15, 0.2) is 30.3 Å². The van der Waals surface area contributed by atoms with Crippen LogP contribution in [0, 0.1) is 5.82 Å². The van der Waals surface area contributed by atoms with E-state index in [0.29, 0.717) is 17.8 Å². The summed E-state index contributed by atoms with van der Waals surface area (Å²) in [4.78, 5) is 4.42. The Morgan fingerprint density at radius 1 is 1.23 bits per heavy atom. The lowest BCUT2D eigenvalue weighted by atomic mass is 9.95. The van der Waals surface area contributed by atoms with Crippen LogP contribution in [-0.4, -0.2) is 30.9 Å². The lowest BCUT2D eigenvalue weighted by Crippen LogP contribution is -2.34. The summed E-state index contributed by atoms with van der Waals surface area (Å²) in [5, 5.41) is 3.89. The maximum Gasteiger partial charge on any atom is 0.150 e. The van der Waals surface area contributed by atoms with E-state index in [-0.39, 0.29) is 17.1 Å². The Morgan fingerprint density at radius 2 is 2.00 bits per heavy atom. The molecule has 0 saturated heterocycles. The van der Waals surface area contributed by atoms with Gasteiger partial charge in [-0.05, 0) is 43.5 Å². The van der Waals surface area contributed by atoms with E-state index in [1.54, 1.807) is 6.07 Å². The monoisotopic (exact) mass is 322 g/mol. The zero-order valence-electron chi connectivity index (χ0n) is 12.4. The van der Waals surface area contributed by atoms with Crippen LogP contribution in [0.2, 0.25) is 0 Å². The minimum atomic E-state index is -3.00. The molecule has 1 aliphatic rings. The normalized spacial score (nSPS) is 22.6. The summed E-state index contributed by atoms with van der Waals surface area (Å²) in [7, 11) is -3.00. The van der Waals surface area contributed by atoms with Crippen molar-refractivity contribution in [1.82, 2.24) is 4.98 Å². The second-order valence-electron chi connectivity index (χ2n) is 5.99. The molecule has 2 aromatic rings. The lowest BCUT2D eigenvalue weighted by molar-refractivity contribution is 0.452. The van der Waals surface area contributed by atoms with E-state index in [1.807, 2.05) is 12.1 Å². The summed E-state index contributed by atoms with van der Waals surface area (Å²) < 4.78 is 36.7. The number of aromatic nitrogens is 1. The smallest absolute Gasteiger partial charge is 0.150 e. The van der Waals surface area contributed by atoms with Crippen LogP contribution in [0.25, 0.3) is 10.9 Å². The number of nitrogens with zero attached hydrogens (tertiary/aromatic N) is 1. The first-order chi connectivity index (χ1) is 10.4. The van der Waals surface area contributed by atoms with Crippen molar-refractivity contribution in [2.45, 2.75) is 37.0 Å². The van der Waals surface area contributed by atoms with Gasteiger partial charge in [0.05, 0.1) is 10.8 Å². The molecular weight excluding hydrogens is 303 g/mol. The molecule has 0 aliphatic heterocycles. The van der Waals surface area contributed by atoms with Crippen molar-refractivity contribution in [3.05, 3.63) is 36.1 Å². The van der Waals surface area contributed by atoms with Gasteiger partial charge in [0.2, 0.25) is 0 Å². The molecule has 3 rings (SSSR count). The molecule has 1 aromatic carbocycles. The quantitative estimate of drug-likeness (QED) is 0.943. The first-order valence-corrected chi connectivity index (χ1v) is 9.39. The maximum atomic E-state index is 13.3. The minimum absolute atomic E-state index is 0.0898. The molecule has 1 N–H and O–H groups in total. The van der Waals surface area contributed by atoms with Gasteiger partial charge in [-0.3, -0.25) is 0 Å². The molecule has 4 nitrogen and oxygen atoms in total. The molecule has 0 bridgehead atoms. The first kappa shape index (κ1) is 15.2. The van der Waals surface area contributed by atoms with Gasteiger partial charge in [-0.25, -0.2) is 17.8 Å². The summed E-state index contributed by atoms with van der Waals surface area (Å²) in [5.74, 6) is 0.351. The summed E-state index contributed by atoms with van der Waals surface area (Å²) in [6, 6.07) is 8.34. The van der Waals surface area contributed by atoms with Gasteiger partial charge in [0.1, 0.15) is 21.5 Å². The highest BCUT2D eigenvalue weighted by Crippen LogP contribution is 2.26. The SMILES string of the molecule is CS(=O)(=O)C1CCCC(Nc2ccc3ccc(F)cc3n2)C1. The molecule has 0 spiro atoms. The van der Waals surface area contributed by atoms with Crippen LogP contribution >= 0.6 is 0 Å². The molecule has 22 heavy (non-hydrogen) atoms. The summed E-state index contributed by atoms with van der Waals surface area (Å²) in [6.45, 7) is 0. The van der Waals surface area contributed by atoms with Gasteiger partial charge in [0.25, 0.3) is 0 Å². The highest BCUT2D eigenvalue weighted by atomic mass is 32.2. The fourth-order valence-corrected chi connectivity index (χ4v) is 4.22. The molecule has 0 amide bonds. The third-order valence-electron chi connectivity index (χ3n) is 4.24. The number of nitrogens with one attached hydrogen (secondary N) is 1. The van der Waals surface area contributed by atoms with E-state index in [2.05, 4.69) is 10.3 Å². The van der Waals surface area contributed by atoms with Crippen molar-refractivity contribution in [3.63, 3.8) is 0 Å². The van der Waals surface area contributed by atoms with Crippen molar-refractivity contribution >= 4 is 26.6 Å². The number of hydrogen-bond acceptors (Lipinski definition) is 4. The van der Waals surface area contributed by atoms with Crippen molar-refractivity contribution < 1.29 is 12.8 Å². The highest BCUT2D eigenvalue weighted by molar-refractivity contribution is 7.91. The zero-order valence-corrected chi connectivity index (χ0v) is 13.2. The first-order valence-electron chi connectivity index (χ1n) is 7.43. The van der Waals surface area contributed by atoms with Crippen LogP contribution in [0.3, 0.4) is 0 Å². The van der Waals surface area contributed by atoms with Crippen LogP contribution in [-0.2, 0) is 9.84 Å². The molecule has 1 saturated carbocycles. The van der Waals surface area contributed by atoms with Gasteiger partial charge in [-0.1, -0.05) is 6.42 Å². The Morgan fingerprint density at radius 3 is 2.77 bits per heavy atom. The summed E-state index contributed by atoms with van der Waals surface area (Å²) in [6.07, 6.45) is 4.44. The maximum absolute atomic E-state index is 13.3. The van der Waals surface area contributed by atoms with E-state index >= 15 is 0 Å². The topological polar surface area (TPSA) is 59.1 Å². The van der Waals surface area contributed by atoms with Crippen molar-refractivity contribution in [2.75, 3.05) is 11.6 Å². The molecule has 6 heteroatoms. The number of benzene rings is 1. The fourth-order valence-electron chi connectivity index (χ4n) is 3.04.